The molecule has 5 nitrogen and oxygen atoms in total. The van der Waals surface area contributed by atoms with Crippen LogP contribution in [0.3, 0.4) is 0 Å². The van der Waals surface area contributed by atoms with Crippen LogP contribution in [0, 0.1) is 0 Å². The minimum absolute atomic E-state index is 0.195. The van der Waals surface area contributed by atoms with Gasteiger partial charge in [0.15, 0.2) is 0 Å². The maximum Gasteiger partial charge on any atom is 0.0978 e. The van der Waals surface area contributed by atoms with Crippen molar-refractivity contribution in [1.82, 2.24) is 19.0 Å². The van der Waals surface area contributed by atoms with E-state index in [2.05, 4.69) is 75.7 Å². The minimum atomic E-state index is -0.195. The molecule has 0 bridgehead atoms. The van der Waals surface area contributed by atoms with Gasteiger partial charge in [-0.3, -0.25) is 4.90 Å². The molecule has 1 N–H and O–H groups in total. The summed E-state index contributed by atoms with van der Waals surface area (Å²) in [4.78, 5) is 7.20. The first-order chi connectivity index (χ1) is 14.7. The Morgan fingerprint density at radius 2 is 1.83 bits per heavy atom. The number of imidazole rings is 1. The molecule has 1 atom stereocenters. The van der Waals surface area contributed by atoms with Crippen molar-refractivity contribution in [3.63, 3.8) is 0 Å². The number of aryl methyl sites for hydroxylation is 1. The number of para-hydroxylation sites is 1. The Morgan fingerprint density at radius 3 is 2.63 bits per heavy atom. The quantitative estimate of drug-likeness (QED) is 0.547. The molecule has 0 unspecified atom stereocenters. The average Bonchev–Trinajstić information content (AvgIpc) is 3.34. The van der Waals surface area contributed by atoms with Crippen LogP contribution in [-0.4, -0.2) is 49.9 Å². The van der Waals surface area contributed by atoms with Gasteiger partial charge in [-0.15, -0.1) is 0 Å². The molecule has 0 saturated carbocycles. The van der Waals surface area contributed by atoms with E-state index in [-0.39, 0.29) is 6.10 Å². The highest BCUT2D eigenvalue weighted by Crippen LogP contribution is 2.34. The Bertz CT molecular complexity index is 1140. The van der Waals surface area contributed by atoms with Gasteiger partial charge in [-0.1, -0.05) is 48.5 Å². The summed E-state index contributed by atoms with van der Waals surface area (Å²) in [6, 6.07) is 21.2. The second kappa shape index (κ2) is 8.09. The molecule has 0 aliphatic carbocycles. The number of β-amino-alcohol motifs (C(OH)–C–C–N with tert-alkyl or cyclic N) is 1. The van der Waals surface area contributed by atoms with E-state index in [4.69, 9.17) is 4.98 Å². The van der Waals surface area contributed by atoms with Gasteiger partial charge >= 0.3 is 0 Å². The molecule has 5 rings (SSSR count). The van der Waals surface area contributed by atoms with E-state index in [1.54, 1.807) is 0 Å². The summed E-state index contributed by atoms with van der Waals surface area (Å²) in [6.07, 6.45) is 3.76. The Labute approximate surface area is 177 Å². The first kappa shape index (κ1) is 19.1. The van der Waals surface area contributed by atoms with Gasteiger partial charge in [0.2, 0.25) is 0 Å². The van der Waals surface area contributed by atoms with Crippen molar-refractivity contribution in [1.29, 1.82) is 0 Å². The summed E-state index contributed by atoms with van der Waals surface area (Å²) < 4.78 is 4.54. The molecular weight excluding hydrogens is 372 g/mol. The summed E-state index contributed by atoms with van der Waals surface area (Å²) >= 11 is 0. The van der Waals surface area contributed by atoms with Crippen LogP contribution >= 0.6 is 0 Å². The fraction of sp³-hybridized carbons (Fsp3) is 0.320. The number of aliphatic hydroxyl groups excluding tert-OH is 1. The molecule has 1 aliphatic rings. The molecule has 5 heteroatoms. The number of aromatic nitrogens is 3. The van der Waals surface area contributed by atoms with Crippen molar-refractivity contribution in [2.24, 2.45) is 7.05 Å². The lowest BCUT2D eigenvalue weighted by molar-refractivity contribution is 0.0690. The van der Waals surface area contributed by atoms with Gasteiger partial charge in [0, 0.05) is 43.1 Å². The van der Waals surface area contributed by atoms with E-state index in [1.165, 1.54) is 16.6 Å². The minimum Gasteiger partial charge on any atom is -0.392 e. The number of fused-ring (bicyclic) bond motifs is 1. The predicted molar refractivity (Wildman–Crippen MR) is 121 cm³/mol. The molecule has 0 amide bonds. The number of aliphatic hydroxyl groups is 1. The van der Waals surface area contributed by atoms with Crippen molar-refractivity contribution in [2.45, 2.75) is 25.5 Å². The molecule has 4 aromatic rings. The fourth-order valence-corrected chi connectivity index (χ4v) is 4.63. The average molecular weight is 401 g/mol. The van der Waals surface area contributed by atoms with Gasteiger partial charge in [-0.25, -0.2) is 4.98 Å². The SMILES string of the molecule is Cn1c(-c2c(-c3ccccc3)ncn2CCN2CCC[C@@H](O)C2)cc2ccccc21. The lowest BCUT2D eigenvalue weighted by Gasteiger charge is -2.30. The number of hydrogen-bond donors (Lipinski definition) is 1. The molecule has 1 fully saturated rings. The van der Waals surface area contributed by atoms with E-state index in [0.29, 0.717) is 0 Å². The normalized spacial score (nSPS) is 17.6. The highest BCUT2D eigenvalue weighted by molar-refractivity contribution is 5.89. The molecule has 30 heavy (non-hydrogen) atoms. The number of hydrogen-bond acceptors (Lipinski definition) is 3. The zero-order valence-electron chi connectivity index (χ0n) is 17.4. The largest absolute Gasteiger partial charge is 0.392 e. The zero-order chi connectivity index (χ0) is 20.5. The van der Waals surface area contributed by atoms with E-state index >= 15 is 0 Å². The number of likely N-dealkylation sites (tertiary alicyclic amines) is 1. The van der Waals surface area contributed by atoms with E-state index < -0.39 is 0 Å². The third kappa shape index (κ3) is 3.55. The van der Waals surface area contributed by atoms with Crippen LogP contribution < -0.4 is 0 Å². The molecule has 1 saturated heterocycles. The van der Waals surface area contributed by atoms with E-state index in [9.17, 15) is 5.11 Å². The smallest absolute Gasteiger partial charge is 0.0978 e. The maximum absolute atomic E-state index is 10.0. The third-order valence-corrected chi connectivity index (χ3v) is 6.22. The third-order valence-electron chi connectivity index (χ3n) is 6.22. The van der Waals surface area contributed by atoms with Crippen molar-refractivity contribution in [3.8, 4) is 22.6 Å². The summed E-state index contributed by atoms with van der Waals surface area (Å²) in [5.41, 5.74) is 5.69. The molecule has 3 heterocycles. The number of piperidine rings is 1. The molecule has 0 spiro atoms. The predicted octanol–water partition coefficient (Wildman–Crippen LogP) is 4.17. The Balaban J connectivity index is 1.56. The molecule has 2 aromatic carbocycles. The molecule has 154 valence electrons. The first-order valence-electron chi connectivity index (χ1n) is 10.8. The lowest BCUT2D eigenvalue weighted by atomic mass is 10.1. The first-order valence-corrected chi connectivity index (χ1v) is 10.8. The highest BCUT2D eigenvalue weighted by atomic mass is 16.3. The van der Waals surface area contributed by atoms with Crippen LogP contribution in [0.25, 0.3) is 33.5 Å². The fourth-order valence-electron chi connectivity index (χ4n) is 4.63. The molecular formula is C25H28N4O. The van der Waals surface area contributed by atoms with Crippen molar-refractivity contribution < 1.29 is 5.11 Å². The van der Waals surface area contributed by atoms with Crippen molar-refractivity contribution >= 4 is 10.9 Å². The molecule has 2 aromatic heterocycles. The Kier molecular flexibility index (Phi) is 5.15. The second-order valence-corrected chi connectivity index (χ2v) is 8.25. The van der Waals surface area contributed by atoms with Gasteiger partial charge in [0.25, 0.3) is 0 Å². The van der Waals surface area contributed by atoms with Gasteiger partial charge < -0.3 is 14.2 Å². The molecule has 0 radical (unpaired) electrons. The van der Waals surface area contributed by atoms with Crippen molar-refractivity contribution in [2.75, 3.05) is 19.6 Å². The van der Waals surface area contributed by atoms with Crippen LogP contribution in [0.1, 0.15) is 12.8 Å². The van der Waals surface area contributed by atoms with Gasteiger partial charge in [-0.2, -0.15) is 0 Å². The van der Waals surface area contributed by atoms with Crippen LogP contribution in [0.15, 0.2) is 67.0 Å². The van der Waals surface area contributed by atoms with Crippen LogP contribution in [0.4, 0.5) is 0 Å². The summed E-state index contributed by atoms with van der Waals surface area (Å²) in [5, 5.41) is 11.3. The highest BCUT2D eigenvalue weighted by Gasteiger charge is 2.21. The standard InChI is InChI=1S/C25H28N4O/c1-27-22-12-6-5-10-20(22)16-23(27)25-24(19-8-3-2-4-9-19)26-18-29(25)15-14-28-13-7-11-21(30)17-28/h2-6,8-10,12,16,18,21,30H,7,11,13-15,17H2,1H3/t21-/m1/s1. The Hall–Kier alpha value is -2.89. The van der Waals surface area contributed by atoms with Gasteiger partial charge in [0.1, 0.15) is 0 Å². The second-order valence-electron chi connectivity index (χ2n) is 8.25. The maximum atomic E-state index is 10.0. The van der Waals surface area contributed by atoms with E-state index in [1.807, 2.05) is 12.4 Å². The van der Waals surface area contributed by atoms with Gasteiger partial charge in [0.05, 0.1) is 29.5 Å². The Morgan fingerprint density at radius 1 is 1.03 bits per heavy atom. The monoisotopic (exact) mass is 400 g/mol. The number of nitrogens with zero attached hydrogens (tertiary/aromatic N) is 4. The summed E-state index contributed by atoms with van der Waals surface area (Å²) in [7, 11) is 2.13. The number of rotatable bonds is 5. The van der Waals surface area contributed by atoms with Crippen LogP contribution in [0.5, 0.6) is 0 Å². The lowest BCUT2D eigenvalue weighted by Crippen LogP contribution is -2.39. The van der Waals surface area contributed by atoms with Crippen LogP contribution in [0.2, 0.25) is 0 Å². The van der Waals surface area contributed by atoms with Crippen LogP contribution in [-0.2, 0) is 13.6 Å². The zero-order valence-corrected chi connectivity index (χ0v) is 17.4. The van der Waals surface area contributed by atoms with Gasteiger partial charge in [-0.05, 0) is 31.5 Å². The summed E-state index contributed by atoms with van der Waals surface area (Å²) in [6.45, 7) is 3.59. The topological polar surface area (TPSA) is 46.2 Å². The summed E-state index contributed by atoms with van der Waals surface area (Å²) in [5.74, 6) is 0. The van der Waals surface area contributed by atoms with Crippen molar-refractivity contribution in [3.05, 3.63) is 67.0 Å². The molecule has 1 aliphatic heterocycles. The van der Waals surface area contributed by atoms with E-state index in [0.717, 1.165) is 56.0 Å². The number of benzene rings is 2.